The summed E-state index contributed by atoms with van der Waals surface area (Å²) in [5.74, 6) is -1.26. The minimum Gasteiger partial charge on any atom is -0.459 e. The lowest BCUT2D eigenvalue weighted by atomic mass is 10.4. The Labute approximate surface area is 138 Å². The summed E-state index contributed by atoms with van der Waals surface area (Å²) in [6, 6.07) is 0. The van der Waals surface area contributed by atoms with E-state index < -0.39 is 30.2 Å². The van der Waals surface area contributed by atoms with Crippen molar-refractivity contribution in [1.29, 1.82) is 0 Å². The molecular weight excluding hydrogens is 324 g/mol. The maximum Gasteiger partial charge on any atom is 0.408 e. The molecule has 1 unspecified atom stereocenters. The van der Waals surface area contributed by atoms with Crippen LogP contribution in [0.15, 0.2) is 25.3 Å². The van der Waals surface area contributed by atoms with E-state index in [0.717, 1.165) is 12.2 Å². The first kappa shape index (κ1) is 21.0. The lowest BCUT2D eigenvalue weighted by Gasteiger charge is -2.14. The van der Waals surface area contributed by atoms with Gasteiger partial charge < -0.3 is 29.6 Å². The lowest BCUT2D eigenvalue weighted by Crippen LogP contribution is -2.39. The fourth-order valence-electron chi connectivity index (χ4n) is 1.09. The Balaban J connectivity index is 3.70. The highest BCUT2D eigenvalue weighted by Crippen LogP contribution is 1.93. The number of rotatable bonds is 10. The molecule has 0 rings (SSSR count). The molecule has 0 radical (unpaired) electrons. The summed E-state index contributed by atoms with van der Waals surface area (Å²) >= 11 is 0. The van der Waals surface area contributed by atoms with Gasteiger partial charge >= 0.3 is 24.1 Å². The van der Waals surface area contributed by atoms with Gasteiger partial charge in [-0.25, -0.2) is 19.2 Å². The van der Waals surface area contributed by atoms with Crippen molar-refractivity contribution in [1.82, 2.24) is 10.6 Å². The molecule has 1 atom stereocenters. The van der Waals surface area contributed by atoms with Crippen LogP contribution >= 0.6 is 0 Å². The van der Waals surface area contributed by atoms with Gasteiger partial charge in [-0.05, 0) is 6.92 Å². The van der Waals surface area contributed by atoms with Crippen LogP contribution in [0.5, 0.6) is 0 Å². The molecule has 0 aliphatic carbocycles. The molecule has 0 aromatic carbocycles. The summed E-state index contributed by atoms with van der Waals surface area (Å²) in [6.07, 6.45) is -0.356. The van der Waals surface area contributed by atoms with E-state index in [1.165, 1.54) is 6.92 Å². The summed E-state index contributed by atoms with van der Waals surface area (Å²) in [5, 5.41) is 4.45. The van der Waals surface area contributed by atoms with E-state index >= 15 is 0 Å². The molecule has 0 fully saturated rings. The summed E-state index contributed by atoms with van der Waals surface area (Å²) in [7, 11) is 0. The van der Waals surface area contributed by atoms with Crippen LogP contribution < -0.4 is 10.6 Å². The van der Waals surface area contributed by atoms with E-state index in [9.17, 15) is 19.2 Å². The maximum absolute atomic E-state index is 11.4. The van der Waals surface area contributed by atoms with Gasteiger partial charge in [0.1, 0.15) is 25.9 Å². The number of nitrogens with one attached hydrogen (secondary N) is 2. The Hall–Kier alpha value is -3.04. The number of carbonyl (C=O) groups excluding carboxylic acids is 4. The molecule has 134 valence electrons. The van der Waals surface area contributed by atoms with Crippen molar-refractivity contribution in [2.24, 2.45) is 0 Å². The Morgan fingerprint density at radius 2 is 1.46 bits per heavy atom. The van der Waals surface area contributed by atoms with E-state index in [4.69, 9.17) is 4.74 Å². The number of alkyl carbamates (subject to hydrolysis) is 2. The first-order valence-electron chi connectivity index (χ1n) is 6.82. The Kier molecular flexibility index (Phi) is 10.9. The molecule has 0 aromatic heterocycles. The van der Waals surface area contributed by atoms with Gasteiger partial charge in [-0.15, -0.1) is 0 Å². The number of carbonyl (C=O) groups is 4. The van der Waals surface area contributed by atoms with Gasteiger partial charge in [0.2, 0.25) is 0 Å². The Bertz CT molecular complexity index is 477. The first-order chi connectivity index (χ1) is 11.4. The van der Waals surface area contributed by atoms with Gasteiger partial charge in [0.15, 0.2) is 0 Å². The highest BCUT2D eigenvalue weighted by atomic mass is 16.6. The second kappa shape index (κ2) is 12.5. The summed E-state index contributed by atoms with van der Waals surface area (Å²) in [6.45, 7) is 7.30. The highest BCUT2D eigenvalue weighted by molar-refractivity contribution is 5.81. The molecule has 0 heterocycles. The van der Waals surface area contributed by atoms with Gasteiger partial charge in [0.05, 0.1) is 6.67 Å². The molecule has 0 bridgehead atoms. The van der Waals surface area contributed by atoms with Crippen LogP contribution in [0.3, 0.4) is 0 Å². The molecular formula is C14H20N2O8. The normalized spacial score (nSPS) is 10.5. The SMILES string of the molecule is C=CC(=O)OCCOC(=O)NCNC(=O)OC(C)COC(=O)C=C. The molecule has 2 N–H and O–H groups in total. The zero-order chi connectivity index (χ0) is 18.4. The van der Waals surface area contributed by atoms with Crippen molar-refractivity contribution in [3.8, 4) is 0 Å². The molecule has 0 aliphatic heterocycles. The number of amides is 2. The number of ether oxygens (including phenoxy) is 4. The number of esters is 2. The molecule has 10 nitrogen and oxygen atoms in total. The quantitative estimate of drug-likeness (QED) is 0.190. The third-order valence-corrected chi connectivity index (χ3v) is 2.13. The minimum atomic E-state index is -0.822. The number of hydrogen-bond donors (Lipinski definition) is 2. The van der Waals surface area contributed by atoms with Gasteiger partial charge in [-0.2, -0.15) is 0 Å². The van der Waals surface area contributed by atoms with E-state index in [1.807, 2.05) is 0 Å². The molecule has 0 aromatic rings. The van der Waals surface area contributed by atoms with Crippen LogP contribution in [-0.4, -0.2) is 56.7 Å². The number of hydrogen-bond acceptors (Lipinski definition) is 8. The third kappa shape index (κ3) is 11.6. The van der Waals surface area contributed by atoms with E-state index in [1.54, 1.807) is 0 Å². The van der Waals surface area contributed by atoms with Crippen LogP contribution in [0, 0.1) is 0 Å². The first-order valence-corrected chi connectivity index (χ1v) is 6.82. The zero-order valence-corrected chi connectivity index (χ0v) is 13.2. The molecule has 0 saturated heterocycles. The van der Waals surface area contributed by atoms with Gasteiger partial charge in [0.25, 0.3) is 0 Å². The molecule has 2 amide bonds. The molecule has 0 aliphatic rings. The van der Waals surface area contributed by atoms with Crippen LogP contribution in [0.1, 0.15) is 6.92 Å². The standard InChI is InChI=1S/C14H20N2O8/c1-4-11(17)21-6-7-22-13(19)15-9-16-14(20)24-10(3)8-23-12(18)5-2/h4-5,10H,1-2,6-9H2,3H3,(H,15,19)(H,16,20). The van der Waals surface area contributed by atoms with E-state index in [2.05, 4.69) is 38.0 Å². The van der Waals surface area contributed by atoms with Crippen molar-refractivity contribution in [2.75, 3.05) is 26.5 Å². The lowest BCUT2D eigenvalue weighted by molar-refractivity contribution is -0.140. The second-order valence-corrected chi connectivity index (χ2v) is 4.09. The summed E-state index contributed by atoms with van der Waals surface area (Å²) < 4.78 is 18.8. The largest absolute Gasteiger partial charge is 0.459 e. The van der Waals surface area contributed by atoms with Crippen LogP contribution in [-0.2, 0) is 28.5 Å². The average molecular weight is 344 g/mol. The van der Waals surface area contributed by atoms with Crippen molar-refractivity contribution >= 4 is 24.1 Å². The fraction of sp³-hybridized carbons (Fsp3) is 0.429. The Morgan fingerprint density at radius 1 is 0.917 bits per heavy atom. The highest BCUT2D eigenvalue weighted by Gasteiger charge is 2.11. The van der Waals surface area contributed by atoms with Crippen LogP contribution in [0.25, 0.3) is 0 Å². The van der Waals surface area contributed by atoms with Gasteiger partial charge in [0, 0.05) is 12.2 Å². The van der Waals surface area contributed by atoms with Crippen molar-refractivity contribution in [2.45, 2.75) is 13.0 Å². The van der Waals surface area contributed by atoms with Crippen molar-refractivity contribution in [3.63, 3.8) is 0 Å². The molecule has 0 spiro atoms. The fourth-order valence-corrected chi connectivity index (χ4v) is 1.09. The van der Waals surface area contributed by atoms with E-state index in [0.29, 0.717) is 0 Å². The minimum absolute atomic E-state index is 0.116. The third-order valence-electron chi connectivity index (χ3n) is 2.13. The second-order valence-electron chi connectivity index (χ2n) is 4.09. The van der Waals surface area contributed by atoms with E-state index in [-0.39, 0.29) is 26.5 Å². The summed E-state index contributed by atoms with van der Waals surface area (Å²) in [4.78, 5) is 44.1. The topological polar surface area (TPSA) is 129 Å². The predicted molar refractivity (Wildman–Crippen MR) is 80.7 cm³/mol. The monoisotopic (exact) mass is 344 g/mol. The van der Waals surface area contributed by atoms with Crippen LogP contribution in [0.2, 0.25) is 0 Å². The predicted octanol–water partition coefficient (Wildman–Crippen LogP) is 0.243. The molecule has 10 heteroatoms. The summed E-state index contributed by atoms with van der Waals surface area (Å²) in [5.41, 5.74) is 0. The Morgan fingerprint density at radius 3 is 2.08 bits per heavy atom. The van der Waals surface area contributed by atoms with Gasteiger partial charge in [-0.3, -0.25) is 0 Å². The van der Waals surface area contributed by atoms with Crippen LogP contribution in [0.4, 0.5) is 9.59 Å². The van der Waals surface area contributed by atoms with Crippen molar-refractivity contribution < 1.29 is 38.1 Å². The average Bonchev–Trinajstić information content (AvgIpc) is 2.56. The van der Waals surface area contributed by atoms with Crippen molar-refractivity contribution in [3.05, 3.63) is 25.3 Å². The molecule has 0 saturated carbocycles. The smallest absolute Gasteiger partial charge is 0.408 e. The maximum atomic E-state index is 11.4. The molecule has 24 heavy (non-hydrogen) atoms. The zero-order valence-electron chi connectivity index (χ0n) is 13.2. The van der Waals surface area contributed by atoms with Gasteiger partial charge in [-0.1, -0.05) is 13.2 Å².